The Bertz CT molecular complexity index is 837. The predicted octanol–water partition coefficient (Wildman–Crippen LogP) is 4.49. The zero-order valence-electron chi connectivity index (χ0n) is 10.7. The molecule has 1 heterocycles. The number of nitrogens with one attached hydrogen (secondary N) is 1. The van der Waals surface area contributed by atoms with Gasteiger partial charge in [-0.25, -0.2) is 8.78 Å². The molecule has 3 rings (SSSR count). The minimum atomic E-state index is -0.816. The molecule has 0 unspecified atom stereocenters. The van der Waals surface area contributed by atoms with Gasteiger partial charge in [0.2, 0.25) is 0 Å². The Kier molecular flexibility index (Phi) is 3.35. The van der Waals surface area contributed by atoms with Gasteiger partial charge >= 0.3 is 0 Å². The Labute approximate surface area is 124 Å². The van der Waals surface area contributed by atoms with Gasteiger partial charge in [0, 0.05) is 17.6 Å². The largest absolute Gasteiger partial charge is 0.395 e. The van der Waals surface area contributed by atoms with Gasteiger partial charge in [-0.15, -0.1) is 0 Å². The van der Waals surface area contributed by atoms with Crippen molar-refractivity contribution >= 4 is 39.6 Å². The molecule has 106 valence electrons. The number of benzene rings is 2. The van der Waals surface area contributed by atoms with Crippen LogP contribution in [0.15, 0.2) is 42.6 Å². The lowest BCUT2D eigenvalue weighted by Crippen LogP contribution is -2.01. The maximum atomic E-state index is 13.5. The van der Waals surface area contributed by atoms with E-state index < -0.39 is 11.6 Å². The van der Waals surface area contributed by atoms with Crippen LogP contribution in [0.25, 0.3) is 10.9 Å². The van der Waals surface area contributed by atoms with Crippen LogP contribution >= 0.6 is 11.6 Å². The summed E-state index contributed by atoms with van der Waals surface area (Å²) >= 11 is 6.10. The van der Waals surface area contributed by atoms with Crippen LogP contribution in [0.5, 0.6) is 0 Å². The smallest absolute Gasteiger partial charge is 0.151 e. The predicted molar refractivity (Wildman–Crippen MR) is 80.8 cm³/mol. The van der Waals surface area contributed by atoms with Crippen molar-refractivity contribution in [3.8, 4) is 0 Å². The first kappa shape index (κ1) is 13.6. The molecule has 0 aliphatic carbocycles. The highest BCUT2D eigenvalue weighted by Crippen LogP contribution is 2.32. The minimum absolute atomic E-state index is 0.141. The van der Waals surface area contributed by atoms with Crippen molar-refractivity contribution in [2.75, 3.05) is 11.1 Å². The monoisotopic (exact) mass is 305 g/mol. The van der Waals surface area contributed by atoms with Crippen molar-refractivity contribution < 1.29 is 8.78 Å². The van der Waals surface area contributed by atoms with E-state index in [2.05, 4.69) is 10.3 Å². The van der Waals surface area contributed by atoms with E-state index in [4.69, 9.17) is 17.3 Å². The van der Waals surface area contributed by atoms with E-state index in [1.165, 1.54) is 0 Å². The molecule has 21 heavy (non-hydrogen) atoms. The summed E-state index contributed by atoms with van der Waals surface area (Å²) in [4.78, 5) is 4.24. The molecule has 0 saturated carbocycles. The fourth-order valence-corrected chi connectivity index (χ4v) is 2.29. The van der Waals surface area contributed by atoms with E-state index in [1.54, 1.807) is 24.4 Å². The van der Waals surface area contributed by atoms with Gasteiger partial charge in [-0.1, -0.05) is 11.6 Å². The number of nitrogen functional groups attached to an aromatic ring is 1. The molecule has 3 aromatic rings. The van der Waals surface area contributed by atoms with Crippen LogP contribution in [0.2, 0.25) is 5.02 Å². The summed E-state index contributed by atoms with van der Waals surface area (Å²) in [5, 5.41) is 4.18. The molecule has 0 saturated heterocycles. The second-order valence-electron chi connectivity index (χ2n) is 4.47. The van der Waals surface area contributed by atoms with E-state index in [-0.39, 0.29) is 11.4 Å². The summed E-state index contributed by atoms with van der Waals surface area (Å²) in [6.45, 7) is 0. The highest BCUT2D eigenvalue weighted by Gasteiger charge is 2.11. The number of hydrogen-bond acceptors (Lipinski definition) is 3. The molecule has 6 heteroatoms. The molecule has 0 spiro atoms. The van der Waals surface area contributed by atoms with Crippen LogP contribution in [-0.2, 0) is 0 Å². The second kappa shape index (κ2) is 5.18. The lowest BCUT2D eigenvalue weighted by molar-refractivity contribution is 0.587. The zero-order valence-corrected chi connectivity index (χ0v) is 11.5. The van der Waals surface area contributed by atoms with Gasteiger partial charge in [0.1, 0.15) is 5.82 Å². The quantitative estimate of drug-likeness (QED) is 0.686. The number of rotatable bonds is 2. The molecule has 0 fully saturated rings. The van der Waals surface area contributed by atoms with E-state index in [1.807, 2.05) is 6.07 Å². The van der Waals surface area contributed by atoms with Crippen molar-refractivity contribution in [2.24, 2.45) is 0 Å². The molecule has 0 aliphatic heterocycles. The molecule has 1 aromatic heterocycles. The number of nitrogens with two attached hydrogens (primary N) is 1. The van der Waals surface area contributed by atoms with Crippen molar-refractivity contribution in [3.63, 3.8) is 0 Å². The number of halogens is 3. The molecule has 0 radical (unpaired) electrons. The topological polar surface area (TPSA) is 50.9 Å². The molecule has 2 aromatic carbocycles. The summed E-state index contributed by atoms with van der Waals surface area (Å²) < 4.78 is 26.8. The van der Waals surface area contributed by atoms with E-state index in [0.29, 0.717) is 16.2 Å². The summed E-state index contributed by atoms with van der Waals surface area (Å²) in [5.74, 6) is -1.53. The summed E-state index contributed by atoms with van der Waals surface area (Å²) in [6.07, 6.45) is 1.61. The first-order valence-corrected chi connectivity index (χ1v) is 6.49. The van der Waals surface area contributed by atoms with Crippen LogP contribution in [0.1, 0.15) is 0 Å². The molecule has 3 nitrogen and oxygen atoms in total. The molecular weight excluding hydrogens is 296 g/mol. The molecular formula is C15H10ClF2N3. The van der Waals surface area contributed by atoms with Crippen molar-refractivity contribution in [3.05, 3.63) is 59.3 Å². The number of nitrogens with zero attached hydrogens (tertiary/aromatic N) is 1. The van der Waals surface area contributed by atoms with E-state index in [0.717, 1.165) is 17.5 Å². The summed E-state index contributed by atoms with van der Waals surface area (Å²) in [5.41, 5.74) is 6.76. The highest BCUT2D eigenvalue weighted by molar-refractivity contribution is 6.35. The standard InChI is InChI=1S/C15H10ClF2N3/c16-10-3-4-12(15-9(10)2-1-5-20-15)21-13-7-8(17)6-11(18)14(13)19/h1-7,21H,19H2. The average molecular weight is 306 g/mol. The third kappa shape index (κ3) is 2.48. The fraction of sp³-hybridized carbons (Fsp3) is 0. The van der Waals surface area contributed by atoms with Crippen molar-refractivity contribution in [2.45, 2.75) is 0 Å². The SMILES string of the molecule is Nc1c(F)cc(F)cc1Nc1ccc(Cl)c2cccnc12. The zero-order chi connectivity index (χ0) is 15.0. The van der Waals surface area contributed by atoms with E-state index >= 15 is 0 Å². The Morgan fingerprint density at radius 1 is 1.10 bits per heavy atom. The maximum Gasteiger partial charge on any atom is 0.151 e. The Morgan fingerprint density at radius 2 is 1.90 bits per heavy atom. The second-order valence-corrected chi connectivity index (χ2v) is 4.88. The van der Waals surface area contributed by atoms with Crippen LogP contribution < -0.4 is 11.1 Å². The normalized spacial score (nSPS) is 10.8. The first-order chi connectivity index (χ1) is 10.1. The van der Waals surface area contributed by atoms with Gasteiger partial charge in [0.05, 0.1) is 27.6 Å². The first-order valence-electron chi connectivity index (χ1n) is 6.11. The number of fused-ring (bicyclic) bond motifs is 1. The molecule has 0 atom stereocenters. The van der Waals surface area contributed by atoms with Crippen LogP contribution in [0.4, 0.5) is 25.8 Å². The molecule has 0 amide bonds. The molecule has 0 bridgehead atoms. The van der Waals surface area contributed by atoms with Gasteiger partial charge in [-0.05, 0) is 30.3 Å². The lowest BCUT2D eigenvalue weighted by atomic mass is 10.1. The van der Waals surface area contributed by atoms with Crippen LogP contribution in [0, 0.1) is 11.6 Å². The molecule has 3 N–H and O–H groups in total. The van der Waals surface area contributed by atoms with Gasteiger partial charge in [0.15, 0.2) is 5.82 Å². The Morgan fingerprint density at radius 3 is 2.71 bits per heavy atom. The lowest BCUT2D eigenvalue weighted by Gasteiger charge is -2.12. The maximum absolute atomic E-state index is 13.5. The third-order valence-corrected chi connectivity index (χ3v) is 3.41. The number of hydrogen-bond donors (Lipinski definition) is 2. The van der Waals surface area contributed by atoms with E-state index in [9.17, 15) is 8.78 Å². The van der Waals surface area contributed by atoms with Crippen LogP contribution in [0.3, 0.4) is 0 Å². The van der Waals surface area contributed by atoms with Gasteiger partial charge in [0.25, 0.3) is 0 Å². The molecule has 0 aliphatic rings. The number of anilines is 3. The van der Waals surface area contributed by atoms with Gasteiger partial charge in [-0.2, -0.15) is 0 Å². The van der Waals surface area contributed by atoms with Crippen molar-refractivity contribution in [1.82, 2.24) is 4.98 Å². The number of aromatic nitrogens is 1. The van der Waals surface area contributed by atoms with Gasteiger partial charge < -0.3 is 11.1 Å². The fourth-order valence-electron chi connectivity index (χ4n) is 2.07. The van der Waals surface area contributed by atoms with Gasteiger partial charge in [-0.3, -0.25) is 4.98 Å². The summed E-state index contributed by atoms with van der Waals surface area (Å²) in [7, 11) is 0. The minimum Gasteiger partial charge on any atom is -0.395 e. The third-order valence-electron chi connectivity index (χ3n) is 3.08. The average Bonchev–Trinajstić information content (AvgIpc) is 2.47. The van der Waals surface area contributed by atoms with Crippen LogP contribution in [-0.4, -0.2) is 4.98 Å². The van der Waals surface area contributed by atoms with Crippen molar-refractivity contribution in [1.29, 1.82) is 0 Å². The Balaban J connectivity index is 2.13. The summed E-state index contributed by atoms with van der Waals surface area (Å²) in [6, 6.07) is 8.79. The number of pyridine rings is 1. The highest BCUT2D eigenvalue weighted by atomic mass is 35.5. The Hall–Kier alpha value is -2.40.